The van der Waals surface area contributed by atoms with Gasteiger partial charge in [0.05, 0.1) is 4.92 Å². The molecule has 0 aromatic heterocycles. The average molecular weight is 306 g/mol. The minimum Gasteiger partial charge on any atom is -0.388 e. The molecule has 0 fully saturated rings. The molecule has 0 aliphatic carbocycles. The number of nitro groups is 1. The van der Waals surface area contributed by atoms with Crippen molar-refractivity contribution < 1.29 is 9.72 Å². The normalized spacial score (nSPS) is 10.0. The zero-order chi connectivity index (χ0) is 15.4. The Balaban J connectivity index is 2.35. The first-order valence-electron chi connectivity index (χ1n) is 6.04. The van der Waals surface area contributed by atoms with Crippen molar-refractivity contribution in [2.75, 3.05) is 17.7 Å². The average Bonchev–Trinajstić information content (AvgIpc) is 2.46. The lowest BCUT2D eigenvalue weighted by Gasteiger charge is -2.08. The lowest BCUT2D eigenvalue weighted by atomic mass is 10.1. The number of rotatable bonds is 4. The smallest absolute Gasteiger partial charge is 0.282 e. The first kappa shape index (κ1) is 14.8. The van der Waals surface area contributed by atoms with Gasteiger partial charge in [0, 0.05) is 29.5 Å². The fourth-order valence-corrected chi connectivity index (χ4v) is 1.99. The highest BCUT2D eigenvalue weighted by atomic mass is 35.5. The summed E-state index contributed by atoms with van der Waals surface area (Å²) in [6.45, 7) is 0. The van der Waals surface area contributed by atoms with Gasteiger partial charge in [-0.05, 0) is 30.3 Å². The number of benzene rings is 2. The van der Waals surface area contributed by atoms with E-state index < -0.39 is 10.8 Å². The topological polar surface area (TPSA) is 84.3 Å². The van der Waals surface area contributed by atoms with E-state index in [1.54, 1.807) is 31.3 Å². The van der Waals surface area contributed by atoms with Crippen LogP contribution in [0, 0.1) is 10.1 Å². The molecule has 21 heavy (non-hydrogen) atoms. The molecule has 2 N–H and O–H groups in total. The molecule has 0 aliphatic heterocycles. The minimum atomic E-state index is -0.591. The van der Waals surface area contributed by atoms with Crippen molar-refractivity contribution in [3.63, 3.8) is 0 Å². The first-order valence-corrected chi connectivity index (χ1v) is 6.42. The van der Waals surface area contributed by atoms with Crippen LogP contribution in [-0.2, 0) is 0 Å². The molecule has 0 heterocycles. The molecule has 0 spiro atoms. The molecule has 0 aliphatic rings. The van der Waals surface area contributed by atoms with E-state index in [4.69, 9.17) is 11.6 Å². The van der Waals surface area contributed by atoms with Gasteiger partial charge in [-0.1, -0.05) is 17.7 Å². The monoisotopic (exact) mass is 305 g/mol. The maximum atomic E-state index is 12.2. The molecule has 2 aromatic rings. The fraction of sp³-hybridized carbons (Fsp3) is 0.0714. The number of halogens is 1. The van der Waals surface area contributed by atoms with E-state index in [9.17, 15) is 14.9 Å². The number of carbonyl (C=O) groups is 1. The molecule has 1 amide bonds. The SMILES string of the molecule is CNc1ccc([N+](=O)[O-])c(C(=O)Nc2cccc(Cl)c2)c1. The molecule has 7 heteroatoms. The number of nitro benzene ring substituents is 1. The number of amides is 1. The van der Waals surface area contributed by atoms with Gasteiger partial charge < -0.3 is 10.6 Å². The van der Waals surface area contributed by atoms with Crippen LogP contribution in [0.2, 0.25) is 5.02 Å². The van der Waals surface area contributed by atoms with Crippen LogP contribution in [-0.4, -0.2) is 17.9 Å². The Kier molecular flexibility index (Phi) is 4.39. The van der Waals surface area contributed by atoms with E-state index in [2.05, 4.69) is 10.6 Å². The van der Waals surface area contributed by atoms with Crippen molar-refractivity contribution >= 4 is 34.6 Å². The highest BCUT2D eigenvalue weighted by Crippen LogP contribution is 2.24. The number of nitrogens with one attached hydrogen (secondary N) is 2. The maximum absolute atomic E-state index is 12.2. The molecule has 2 rings (SSSR count). The zero-order valence-corrected chi connectivity index (χ0v) is 11.8. The van der Waals surface area contributed by atoms with Crippen LogP contribution >= 0.6 is 11.6 Å². The molecule has 0 radical (unpaired) electrons. The van der Waals surface area contributed by atoms with Gasteiger partial charge in [0.2, 0.25) is 0 Å². The van der Waals surface area contributed by atoms with Crippen LogP contribution in [0.4, 0.5) is 17.1 Å². The summed E-state index contributed by atoms with van der Waals surface area (Å²) in [6, 6.07) is 10.8. The van der Waals surface area contributed by atoms with E-state index in [0.717, 1.165) is 0 Å². The largest absolute Gasteiger partial charge is 0.388 e. The molecule has 0 unspecified atom stereocenters. The fourth-order valence-electron chi connectivity index (χ4n) is 1.80. The third kappa shape index (κ3) is 3.49. The predicted molar refractivity (Wildman–Crippen MR) is 82.0 cm³/mol. The molecule has 0 bridgehead atoms. The van der Waals surface area contributed by atoms with Gasteiger partial charge in [-0.2, -0.15) is 0 Å². The number of anilines is 2. The van der Waals surface area contributed by atoms with E-state index in [0.29, 0.717) is 16.4 Å². The maximum Gasteiger partial charge on any atom is 0.282 e. The summed E-state index contributed by atoms with van der Waals surface area (Å²) in [5.41, 5.74) is 0.800. The van der Waals surface area contributed by atoms with Gasteiger partial charge >= 0.3 is 0 Å². The third-order valence-electron chi connectivity index (χ3n) is 2.81. The molecular weight excluding hydrogens is 294 g/mol. The zero-order valence-electron chi connectivity index (χ0n) is 11.1. The Hall–Kier alpha value is -2.60. The number of hydrogen-bond acceptors (Lipinski definition) is 4. The molecule has 0 saturated carbocycles. The molecule has 108 valence electrons. The van der Waals surface area contributed by atoms with Crippen LogP contribution in [0.3, 0.4) is 0 Å². The van der Waals surface area contributed by atoms with Crippen molar-refractivity contribution in [3.05, 3.63) is 63.2 Å². The summed E-state index contributed by atoms with van der Waals surface area (Å²) in [7, 11) is 1.67. The Morgan fingerprint density at radius 2 is 1.95 bits per heavy atom. The Bertz CT molecular complexity index is 704. The van der Waals surface area contributed by atoms with E-state index in [-0.39, 0.29) is 11.3 Å². The van der Waals surface area contributed by atoms with Crippen LogP contribution in [0.15, 0.2) is 42.5 Å². The van der Waals surface area contributed by atoms with Gasteiger partial charge in [-0.25, -0.2) is 0 Å². The lowest BCUT2D eigenvalue weighted by molar-refractivity contribution is -0.385. The summed E-state index contributed by atoms with van der Waals surface area (Å²) in [4.78, 5) is 22.7. The summed E-state index contributed by atoms with van der Waals surface area (Å²) in [5.74, 6) is -0.568. The lowest BCUT2D eigenvalue weighted by Crippen LogP contribution is -2.14. The van der Waals surface area contributed by atoms with Crippen LogP contribution in [0.1, 0.15) is 10.4 Å². The second-order valence-electron chi connectivity index (χ2n) is 4.20. The number of hydrogen-bond donors (Lipinski definition) is 2. The van der Waals surface area contributed by atoms with Gasteiger partial charge in [0.25, 0.3) is 11.6 Å². The Morgan fingerprint density at radius 3 is 2.57 bits per heavy atom. The summed E-state index contributed by atoms with van der Waals surface area (Å²) < 4.78 is 0. The van der Waals surface area contributed by atoms with Crippen molar-refractivity contribution in [3.8, 4) is 0 Å². The first-order chi connectivity index (χ1) is 10.0. The molecular formula is C14H12ClN3O3. The quantitative estimate of drug-likeness (QED) is 0.668. The van der Waals surface area contributed by atoms with Crippen molar-refractivity contribution in [1.29, 1.82) is 0 Å². The van der Waals surface area contributed by atoms with E-state index in [1.165, 1.54) is 18.2 Å². The summed E-state index contributed by atoms with van der Waals surface area (Å²) in [5, 5.41) is 16.9. The van der Waals surface area contributed by atoms with Crippen molar-refractivity contribution in [2.45, 2.75) is 0 Å². The van der Waals surface area contributed by atoms with Crippen LogP contribution < -0.4 is 10.6 Å². The number of carbonyl (C=O) groups excluding carboxylic acids is 1. The molecule has 2 aromatic carbocycles. The second kappa shape index (κ2) is 6.23. The Labute approximate surface area is 125 Å². The van der Waals surface area contributed by atoms with Gasteiger partial charge in [-0.3, -0.25) is 14.9 Å². The molecule has 0 saturated heterocycles. The predicted octanol–water partition coefficient (Wildman–Crippen LogP) is 3.54. The minimum absolute atomic E-state index is 0.0215. The van der Waals surface area contributed by atoms with Crippen LogP contribution in [0.5, 0.6) is 0 Å². The second-order valence-corrected chi connectivity index (χ2v) is 4.64. The van der Waals surface area contributed by atoms with Gasteiger partial charge in [-0.15, -0.1) is 0 Å². The standard InChI is InChI=1S/C14H12ClN3O3/c1-16-10-5-6-13(18(20)21)12(8-10)14(19)17-11-4-2-3-9(15)7-11/h2-8,16H,1H3,(H,17,19). The van der Waals surface area contributed by atoms with E-state index >= 15 is 0 Å². The highest BCUT2D eigenvalue weighted by Gasteiger charge is 2.20. The molecule has 0 atom stereocenters. The van der Waals surface area contributed by atoms with Crippen LogP contribution in [0.25, 0.3) is 0 Å². The van der Waals surface area contributed by atoms with E-state index in [1.807, 2.05) is 0 Å². The highest BCUT2D eigenvalue weighted by molar-refractivity contribution is 6.31. The Morgan fingerprint density at radius 1 is 1.19 bits per heavy atom. The van der Waals surface area contributed by atoms with Crippen molar-refractivity contribution in [1.82, 2.24) is 0 Å². The van der Waals surface area contributed by atoms with Crippen molar-refractivity contribution in [2.24, 2.45) is 0 Å². The summed E-state index contributed by atoms with van der Waals surface area (Å²) >= 11 is 5.83. The molecule has 6 nitrogen and oxygen atoms in total. The number of nitrogens with zero attached hydrogens (tertiary/aromatic N) is 1. The van der Waals surface area contributed by atoms with Gasteiger partial charge in [0.15, 0.2) is 0 Å². The van der Waals surface area contributed by atoms with Gasteiger partial charge in [0.1, 0.15) is 5.56 Å². The third-order valence-corrected chi connectivity index (χ3v) is 3.04. The summed E-state index contributed by atoms with van der Waals surface area (Å²) in [6.07, 6.45) is 0.